The van der Waals surface area contributed by atoms with Crippen molar-refractivity contribution < 1.29 is 8.42 Å². The van der Waals surface area contributed by atoms with Gasteiger partial charge in [-0.25, -0.2) is 13.1 Å². The van der Waals surface area contributed by atoms with Gasteiger partial charge in [-0.05, 0) is 13.0 Å². The Morgan fingerprint density at radius 1 is 1.65 bits per heavy atom. The van der Waals surface area contributed by atoms with Gasteiger partial charge in [-0.2, -0.15) is 0 Å². The summed E-state index contributed by atoms with van der Waals surface area (Å²) < 4.78 is 26.2. The van der Waals surface area contributed by atoms with E-state index in [0.717, 1.165) is 13.1 Å². The van der Waals surface area contributed by atoms with Gasteiger partial charge in [-0.15, -0.1) is 11.3 Å². The van der Waals surface area contributed by atoms with Gasteiger partial charge < -0.3 is 0 Å². The van der Waals surface area contributed by atoms with Gasteiger partial charge in [0.05, 0.1) is 10.8 Å². The zero-order valence-corrected chi connectivity index (χ0v) is 11.4. The van der Waals surface area contributed by atoms with E-state index in [-0.39, 0.29) is 5.25 Å². The maximum Gasteiger partial charge on any atom is 0.215 e. The minimum atomic E-state index is -3.13. The average molecular weight is 275 g/mol. The number of thiazole rings is 1. The molecule has 1 aromatic heterocycles. The van der Waals surface area contributed by atoms with E-state index in [1.165, 1.54) is 4.88 Å². The Hall–Kier alpha value is -0.500. The van der Waals surface area contributed by atoms with Crippen LogP contribution >= 0.6 is 11.3 Å². The van der Waals surface area contributed by atoms with E-state index in [9.17, 15) is 8.42 Å². The van der Waals surface area contributed by atoms with Gasteiger partial charge in [-0.1, -0.05) is 6.92 Å². The summed E-state index contributed by atoms with van der Waals surface area (Å²) in [5.74, 6) is 0. The van der Waals surface area contributed by atoms with Crippen LogP contribution < -0.4 is 4.72 Å². The molecule has 0 radical (unpaired) electrons. The molecule has 0 bridgehead atoms. The lowest BCUT2D eigenvalue weighted by atomic mass is 10.4. The third kappa shape index (κ3) is 3.25. The van der Waals surface area contributed by atoms with Crippen molar-refractivity contribution in [1.29, 1.82) is 0 Å². The summed E-state index contributed by atoms with van der Waals surface area (Å²) in [4.78, 5) is 7.38. The molecule has 1 aliphatic rings. The Labute approximate surface area is 106 Å². The maximum atomic E-state index is 11.8. The zero-order valence-electron chi connectivity index (χ0n) is 9.80. The van der Waals surface area contributed by atoms with Gasteiger partial charge in [0.25, 0.3) is 0 Å². The molecule has 2 rings (SSSR count). The Morgan fingerprint density at radius 3 is 3.12 bits per heavy atom. The number of nitrogens with one attached hydrogen (secondary N) is 1. The van der Waals surface area contributed by atoms with Crippen LogP contribution in [0.1, 0.15) is 18.2 Å². The summed E-state index contributed by atoms with van der Waals surface area (Å²) in [6.07, 6.45) is 2.56. The van der Waals surface area contributed by atoms with Crippen molar-refractivity contribution in [3.8, 4) is 0 Å². The Morgan fingerprint density at radius 2 is 2.47 bits per heavy atom. The smallest absolute Gasteiger partial charge is 0.215 e. The largest absolute Gasteiger partial charge is 0.297 e. The van der Waals surface area contributed by atoms with Crippen LogP contribution in [0.25, 0.3) is 0 Å². The van der Waals surface area contributed by atoms with E-state index in [1.54, 1.807) is 16.8 Å². The van der Waals surface area contributed by atoms with Crippen molar-refractivity contribution in [2.24, 2.45) is 0 Å². The number of hydrogen-bond acceptors (Lipinski definition) is 5. The first-order valence-electron chi connectivity index (χ1n) is 5.70. The molecule has 0 saturated carbocycles. The predicted molar refractivity (Wildman–Crippen MR) is 68.4 cm³/mol. The highest BCUT2D eigenvalue weighted by atomic mass is 32.2. The molecular weight excluding hydrogens is 258 g/mol. The molecule has 0 amide bonds. The maximum absolute atomic E-state index is 11.8. The highest BCUT2D eigenvalue weighted by molar-refractivity contribution is 7.90. The molecule has 0 unspecified atom stereocenters. The second kappa shape index (κ2) is 5.43. The van der Waals surface area contributed by atoms with Crippen LogP contribution in [0.5, 0.6) is 0 Å². The van der Waals surface area contributed by atoms with Crippen LogP contribution in [0.3, 0.4) is 0 Å². The topological polar surface area (TPSA) is 62.3 Å². The second-order valence-electron chi connectivity index (χ2n) is 4.16. The molecule has 2 heterocycles. The SMILES string of the molecule is CCNS(=O)(=O)[C@H]1CCN(Cc2cncs2)C1. The second-order valence-corrected chi connectivity index (χ2v) is 7.17. The molecule has 1 aliphatic heterocycles. The first-order chi connectivity index (χ1) is 8.12. The van der Waals surface area contributed by atoms with Crippen molar-refractivity contribution in [2.45, 2.75) is 25.1 Å². The number of sulfonamides is 1. The minimum Gasteiger partial charge on any atom is -0.297 e. The van der Waals surface area contributed by atoms with Crippen molar-refractivity contribution in [3.63, 3.8) is 0 Å². The van der Waals surface area contributed by atoms with Gasteiger partial charge in [-0.3, -0.25) is 9.88 Å². The van der Waals surface area contributed by atoms with E-state index >= 15 is 0 Å². The Balaban J connectivity index is 1.91. The molecule has 1 atom stereocenters. The monoisotopic (exact) mass is 275 g/mol. The van der Waals surface area contributed by atoms with Gasteiger partial charge in [0, 0.05) is 30.7 Å². The Bertz CT molecular complexity index is 444. The highest BCUT2D eigenvalue weighted by Gasteiger charge is 2.32. The molecule has 0 aromatic carbocycles. The fourth-order valence-electron chi connectivity index (χ4n) is 2.05. The first kappa shape index (κ1) is 12.9. The van der Waals surface area contributed by atoms with E-state index in [1.807, 2.05) is 13.1 Å². The highest BCUT2D eigenvalue weighted by Crippen LogP contribution is 2.19. The molecule has 1 saturated heterocycles. The van der Waals surface area contributed by atoms with Gasteiger partial charge in [0.2, 0.25) is 10.0 Å². The van der Waals surface area contributed by atoms with Crippen LogP contribution in [-0.2, 0) is 16.6 Å². The van der Waals surface area contributed by atoms with E-state index in [4.69, 9.17) is 0 Å². The lowest BCUT2D eigenvalue weighted by Gasteiger charge is -2.15. The number of nitrogens with zero attached hydrogens (tertiary/aromatic N) is 2. The lowest BCUT2D eigenvalue weighted by molar-refractivity contribution is 0.334. The van der Waals surface area contributed by atoms with Crippen LogP contribution in [-0.4, -0.2) is 43.2 Å². The molecule has 7 heteroatoms. The first-order valence-corrected chi connectivity index (χ1v) is 8.12. The van der Waals surface area contributed by atoms with Crippen molar-refractivity contribution in [2.75, 3.05) is 19.6 Å². The summed E-state index contributed by atoms with van der Waals surface area (Å²) in [5, 5.41) is -0.268. The Kier molecular flexibility index (Phi) is 4.13. The predicted octanol–water partition coefficient (Wildman–Crippen LogP) is 0.657. The van der Waals surface area contributed by atoms with Crippen LogP contribution in [0.4, 0.5) is 0 Å². The van der Waals surface area contributed by atoms with Gasteiger partial charge in [0.15, 0.2) is 0 Å². The average Bonchev–Trinajstić information content (AvgIpc) is 2.89. The van der Waals surface area contributed by atoms with Gasteiger partial charge >= 0.3 is 0 Å². The van der Waals surface area contributed by atoms with E-state index in [2.05, 4.69) is 14.6 Å². The van der Waals surface area contributed by atoms with Gasteiger partial charge in [0.1, 0.15) is 0 Å². The van der Waals surface area contributed by atoms with Crippen LogP contribution in [0.15, 0.2) is 11.7 Å². The number of rotatable bonds is 5. The lowest BCUT2D eigenvalue weighted by Crippen LogP contribution is -2.36. The molecule has 1 N–H and O–H groups in total. The standard InChI is InChI=1S/C10H17N3O2S2/c1-2-12-17(14,15)10-3-4-13(7-10)6-9-5-11-8-16-9/h5,8,10,12H,2-4,6-7H2,1H3/t10-/m0/s1. The molecule has 0 aliphatic carbocycles. The van der Waals surface area contributed by atoms with Crippen LogP contribution in [0.2, 0.25) is 0 Å². The summed E-state index contributed by atoms with van der Waals surface area (Å²) >= 11 is 1.61. The molecule has 17 heavy (non-hydrogen) atoms. The molecule has 96 valence electrons. The van der Waals surface area contributed by atoms with Crippen molar-refractivity contribution in [3.05, 3.63) is 16.6 Å². The van der Waals surface area contributed by atoms with Crippen LogP contribution in [0, 0.1) is 0 Å². The summed E-state index contributed by atoms with van der Waals surface area (Å²) in [6, 6.07) is 0. The molecular formula is C10H17N3O2S2. The fraction of sp³-hybridized carbons (Fsp3) is 0.700. The number of hydrogen-bond donors (Lipinski definition) is 1. The molecule has 1 fully saturated rings. The summed E-state index contributed by atoms with van der Waals surface area (Å²) in [5.41, 5.74) is 1.80. The fourth-order valence-corrected chi connectivity index (χ4v) is 4.15. The third-order valence-electron chi connectivity index (χ3n) is 2.88. The van der Waals surface area contributed by atoms with Crippen molar-refractivity contribution in [1.82, 2.24) is 14.6 Å². The number of aromatic nitrogens is 1. The molecule has 0 spiro atoms. The third-order valence-corrected chi connectivity index (χ3v) is 5.59. The normalized spacial score (nSPS) is 22.1. The quantitative estimate of drug-likeness (QED) is 0.857. The summed E-state index contributed by atoms with van der Waals surface area (Å²) in [7, 11) is -3.13. The molecule has 5 nitrogen and oxygen atoms in total. The van der Waals surface area contributed by atoms with Crippen molar-refractivity contribution >= 4 is 21.4 Å². The molecule has 1 aromatic rings. The van der Waals surface area contributed by atoms with E-state index in [0.29, 0.717) is 19.5 Å². The van der Waals surface area contributed by atoms with E-state index < -0.39 is 10.0 Å². The minimum absolute atomic E-state index is 0.268. The summed E-state index contributed by atoms with van der Waals surface area (Å²) in [6.45, 7) is 4.54. The zero-order chi connectivity index (χ0) is 12.3. The number of likely N-dealkylation sites (tertiary alicyclic amines) is 1.